The molecule has 1 saturated heterocycles. The van der Waals surface area contributed by atoms with Gasteiger partial charge in [0.15, 0.2) is 0 Å². The Bertz CT molecular complexity index is 121. The first-order valence-corrected chi connectivity index (χ1v) is 4.90. The second-order valence-electron chi connectivity index (χ2n) is 3.12. The van der Waals surface area contributed by atoms with Crippen LogP contribution in [0.2, 0.25) is 0 Å². The highest BCUT2D eigenvalue weighted by atomic mass is 31.2. The average Bonchev–Trinajstić information content (AvgIpc) is 2.06. The van der Waals surface area contributed by atoms with E-state index in [9.17, 15) is 0 Å². The van der Waals surface area contributed by atoms with E-state index >= 15 is 0 Å². The molecule has 0 N–H and O–H groups in total. The van der Waals surface area contributed by atoms with Gasteiger partial charge in [-0.1, -0.05) is 13.8 Å². The van der Waals surface area contributed by atoms with Gasteiger partial charge >= 0.3 is 8.60 Å². The maximum atomic E-state index is 5.35. The summed E-state index contributed by atoms with van der Waals surface area (Å²) in [5.74, 6) is 0. The zero-order chi connectivity index (χ0) is 8.32. The summed E-state index contributed by atoms with van der Waals surface area (Å²) in [6, 6.07) is 0. The van der Waals surface area contributed by atoms with Gasteiger partial charge in [0.1, 0.15) is 0 Å². The van der Waals surface area contributed by atoms with Gasteiger partial charge in [-0.2, -0.15) is 0 Å². The lowest BCUT2D eigenvalue weighted by Crippen LogP contribution is -2.30. The van der Waals surface area contributed by atoms with E-state index in [0.29, 0.717) is 0 Å². The number of rotatable bonds is 2. The summed E-state index contributed by atoms with van der Waals surface area (Å²) in [6.07, 6.45) is 1.08. The van der Waals surface area contributed by atoms with Crippen LogP contribution in [0.4, 0.5) is 0 Å². The maximum absolute atomic E-state index is 5.35. The molecular formula is C7H15O3P. The van der Waals surface area contributed by atoms with E-state index in [1.807, 2.05) is 0 Å². The lowest BCUT2D eigenvalue weighted by molar-refractivity contribution is 0.0202. The second-order valence-corrected chi connectivity index (χ2v) is 4.45. The van der Waals surface area contributed by atoms with E-state index in [4.69, 9.17) is 13.6 Å². The largest absolute Gasteiger partial charge is 0.332 e. The Balaban J connectivity index is 2.35. The van der Waals surface area contributed by atoms with Gasteiger partial charge in [0.2, 0.25) is 0 Å². The zero-order valence-corrected chi connectivity index (χ0v) is 8.19. The minimum absolute atomic E-state index is 0.192. The highest BCUT2D eigenvalue weighted by molar-refractivity contribution is 7.41. The summed E-state index contributed by atoms with van der Waals surface area (Å²) in [7, 11) is 0.578. The van der Waals surface area contributed by atoms with Gasteiger partial charge in [0.25, 0.3) is 0 Å². The standard InChI is InChI=1S/C7H15O3P/c1-4-7(2)5-9-11(8-3)10-6-7/h4-6H2,1-3H3. The highest BCUT2D eigenvalue weighted by Crippen LogP contribution is 2.46. The van der Waals surface area contributed by atoms with Crippen molar-refractivity contribution < 1.29 is 13.6 Å². The molecule has 4 heteroatoms. The summed E-state index contributed by atoms with van der Waals surface area (Å²) in [5, 5.41) is 0. The molecule has 0 bridgehead atoms. The van der Waals surface area contributed by atoms with Crippen molar-refractivity contribution >= 4 is 8.60 Å². The first kappa shape index (κ1) is 9.40. The zero-order valence-electron chi connectivity index (χ0n) is 7.29. The third-order valence-electron chi connectivity index (χ3n) is 2.04. The van der Waals surface area contributed by atoms with Crippen LogP contribution in [0.5, 0.6) is 0 Å². The minimum Gasteiger partial charge on any atom is -0.316 e. The smallest absolute Gasteiger partial charge is 0.316 e. The molecule has 3 nitrogen and oxygen atoms in total. The fourth-order valence-corrected chi connectivity index (χ4v) is 1.93. The Hall–Kier alpha value is 0.310. The van der Waals surface area contributed by atoms with Crippen LogP contribution in [0.3, 0.4) is 0 Å². The van der Waals surface area contributed by atoms with Crippen molar-refractivity contribution in [3.63, 3.8) is 0 Å². The van der Waals surface area contributed by atoms with Crippen LogP contribution in [0.25, 0.3) is 0 Å². The molecule has 1 aliphatic rings. The van der Waals surface area contributed by atoms with E-state index in [-0.39, 0.29) is 5.41 Å². The summed E-state index contributed by atoms with van der Waals surface area (Å²) >= 11 is 0. The van der Waals surface area contributed by atoms with Crippen LogP contribution in [0.15, 0.2) is 0 Å². The lowest BCUT2D eigenvalue weighted by atomic mass is 9.90. The molecule has 1 heterocycles. The van der Waals surface area contributed by atoms with Crippen LogP contribution in [0, 0.1) is 5.41 Å². The maximum Gasteiger partial charge on any atom is 0.332 e. The predicted octanol–water partition coefficient (Wildman–Crippen LogP) is 2.32. The summed E-state index contributed by atoms with van der Waals surface area (Å²) < 4.78 is 15.7. The van der Waals surface area contributed by atoms with E-state index in [1.54, 1.807) is 7.11 Å². The molecule has 0 aromatic rings. The predicted molar refractivity (Wildman–Crippen MR) is 44.2 cm³/mol. The Morgan fingerprint density at radius 3 is 2.36 bits per heavy atom. The van der Waals surface area contributed by atoms with Crippen molar-refractivity contribution in [2.24, 2.45) is 5.41 Å². The molecule has 11 heavy (non-hydrogen) atoms. The molecule has 0 saturated carbocycles. The molecule has 0 aromatic heterocycles. The molecule has 66 valence electrons. The van der Waals surface area contributed by atoms with Crippen molar-refractivity contribution in [1.29, 1.82) is 0 Å². The van der Waals surface area contributed by atoms with Gasteiger partial charge in [-0.05, 0) is 6.42 Å². The Morgan fingerprint density at radius 2 is 2.00 bits per heavy atom. The van der Waals surface area contributed by atoms with Crippen molar-refractivity contribution in [2.45, 2.75) is 20.3 Å². The molecule has 0 spiro atoms. The van der Waals surface area contributed by atoms with Gasteiger partial charge in [0, 0.05) is 12.5 Å². The summed E-state index contributed by atoms with van der Waals surface area (Å²) in [5.41, 5.74) is 0.192. The number of hydrogen-bond donors (Lipinski definition) is 0. The van der Waals surface area contributed by atoms with Crippen LogP contribution in [-0.2, 0) is 13.6 Å². The number of hydrogen-bond acceptors (Lipinski definition) is 3. The average molecular weight is 178 g/mol. The van der Waals surface area contributed by atoms with E-state index in [2.05, 4.69) is 13.8 Å². The third-order valence-corrected chi connectivity index (χ3v) is 3.02. The van der Waals surface area contributed by atoms with Crippen LogP contribution >= 0.6 is 8.60 Å². The van der Waals surface area contributed by atoms with Crippen molar-refractivity contribution in [3.05, 3.63) is 0 Å². The van der Waals surface area contributed by atoms with Gasteiger partial charge in [-0.15, -0.1) is 0 Å². The van der Waals surface area contributed by atoms with Crippen LogP contribution in [-0.4, -0.2) is 20.3 Å². The van der Waals surface area contributed by atoms with Gasteiger partial charge < -0.3 is 13.6 Å². The first-order chi connectivity index (χ1) is 5.20. The Labute approximate surface area is 69.0 Å². The SMILES string of the molecule is CCC1(C)COP(OC)OC1. The van der Waals surface area contributed by atoms with Gasteiger partial charge in [-0.3, -0.25) is 0 Å². The molecule has 0 aliphatic carbocycles. The molecule has 1 fully saturated rings. The van der Waals surface area contributed by atoms with Crippen molar-refractivity contribution in [2.75, 3.05) is 20.3 Å². The lowest BCUT2D eigenvalue weighted by Gasteiger charge is -2.34. The van der Waals surface area contributed by atoms with Crippen molar-refractivity contribution in [3.8, 4) is 0 Å². The minimum atomic E-state index is -1.03. The molecule has 1 rings (SSSR count). The quantitative estimate of drug-likeness (QED) is 0.607. The highest BCUT2D eigenvalue weighted by Gasteiger charge is 2.31. The summed E-state index contributed by atoms with van der Waals surface area (Å²) in [4.78, 5) is 0. The molecular weight excluding hydrogens is 163 g/mol. The Kier molecular flexibility index (Phi) is 3.26. The Morgan fingerprint density at radius 1 is 1.45 bits per heavy atom. The molecule has 0 atom stereocenters. The van der Waals surface area contributed by atoms with Gasteiger partial charge in [0.05, 0.1) is 13.2 Å². The molecule has 1 aliphatic heterocycles. The third kappa shape index (κ3) is 2.38. The topological polar surface area (TPSA) is 27.7 Å². The fraction of sp³-hybridized carbons (Fsp3) is 1.00. The summed E-state index contributed by atoms with van der Waals surface area (Å²) in [6.45, 7) is 5.81. The van der Waals surface area contributed by atoms with Gasteiger partial charge in [-0.25, -0.2) is 0 Å². The van der Waals surface area contributed by atoms with Crippen LogP contribution < -0.4 is 0 Å². The monoisotopic (exact) mass is 178 g/mol. The molecule has 0 amide bonds. The first-order valence-electron chi connectivity index (χ1n) is 3.80. The normalized spacial score (nSPS) is 39.0. The fourth-order valence-electron chi connectivity index (χ4n) is 0.806. The molecule has 0 radical (unpaired) electrons. The van der Waals surface area contributed by atoms with Crippen molar-refractivity contribution in [1.82, 2.24) is 0 Å². The van der Waals surface area contributed by atoms with E-state index < -0.39 is 8.60 Å². The second kappa shape index (κ2) is 3.81. The molecule has 0 unspecified atom stereocenters. The molecule has 0 aromatic carbocycles. The van der Waals surface area contributed by atoms with E-state index in [0.717, 1.165) is 19.6 Å². The van der Waals surface area contributed by atoms with E-state index in [1.165, 1.54) is 0 Å². The van der Waals surface area contributed by atoms with Crippen LogP contribution in [0.1, 0.15) is 20.3 Å².